The number of hydrogen-bond donors (Lipinski definition) is 1. The van der Waals surface area contributed by atoms with E-state index in [0.717, 1.165) is 0 Å². The first-order valence-corrected chi connectivity index (χ1v) is 4.41. The van der Waals surface area contributed by atoms with Gasteiger partial charge in [0.05, 0.1) is 11.1 Å². The van der Waals surface area contributed by atoms with Crippen LogP contribution in [0.5, 0.6) is 0 Å². The zero-order chi connectivity index (χ0) is 10.3. The Morgan fingerprint density at radius 2 is 1.86 bits per heavy atom. The monoisotopic (exact) mass is 190 g/mol. The predicted octanol–water partition coefficient (Wildman–Crippen LogP) is 0.885. The SMILES string of the molecule is CCN1C(=O)c2ccc(N)cc2C1=O. The summed E-state index contributed by atoms with van der Waals surface area (Å²) in [6.07, 6.45) is 0. The van der Waals surface area contributed by atoms with Crippen LogP contribution in [0.15, 0.2) is 18.2 Å². The lowest BCUT2D eigenvalue weighted by Gasteiger charge is -2.08. The lowest BCUT2D eigenvalue weighted by atomic mass is 10.1. The van der Waals surface area contributed by atoms with Gasteiger partial charge >= 0.3 is 0 Å². The molecule has 0 aliphatic carbocycles. The Morgan fingerprint density at radius 1 is 1.21 bits per heavy atom. The third-order valence-corrected chi connectivity index (χ3v) is 2.31. The average Bonchev–Trinajstić information content (AvgIpc) is 2.39. The van der Waals surface area contributed by atoms with Crippen molar-refractivity contribution in [3.05, 3.63) is 29.3 Å². The fraction of sp³-hybridized carbons (Fsp3) is 0.200. The van der Waals surface area contributed by atoms with Gasteiger partial charge in [0.25, 0.3) is 11.8 Å². The fourth-order valence-corrected chi connectivity index (χ4v) is 1.60. The zero-order valence-electron chi connectivity index (χ0n) is 7.78. The fourth-order valence-electron chi connectivity index (χ4n) is 1.60. The minimum absolute atomic E-state index is 0.229. The molecule has 1 aromatic carbocycles. The molecule has 2 amide bonds. The first kappa shape index (κ1) is 8.74. The molecule has 0 radical (unpaired) electrons. The van der Waals surface area contributed by atoms with E-state index in [0.29, 0.717) is 23.4 Å². The number of rotatable bonds is 1. The highest BCUT2D eigenvalue weighted by molar-refractivity contribution is 6.21. The molecule has 0 saturated heterocycles. The molecule has 2 rings (SSSR count). The third-order valence-electron chi connectivity index (χ3n) is 2.31. The number of carbonyl (C=O) groups is 2. The van der Waals surface area contributed by atoms with Crippen molar-refractivity contribution in [1.29, 1.82) is 0 Å². The lowest BCUT2D eigenvalue weighted by Crippen LogP contribution is -2.29. The Balaban J connectivity index is 2.58. The van der Waals surface area contributed by atoms with Crippen LogP contribution in [0.25, 0.3) is 0 Å². The number of nitrogens with zero attached hydrogens (tertiary/aromatic N) is 1. The maximum Gasteiger partial charge on any atom is 0.261 e. The molecular weight excluding hydrogens is 180 g/mol. The number of fused-ring (bicyclic) bond motifs is 1. The third kappa shape index (κ3) is 1.00. The number of hydrogen-bond acceptors (Lipinski definition) is 3. The van der Waals surface area contributed by atoms with Gasteiger partial charge in [-0.05, 0) is 25.1 Å². The molecule has 1 aliphatic heterocycles. The van der Waals surface area contributed by atoms with Crippen LogP contribution in [0.4, 0.5) is 5.69 Å². The summed E-state index contributed by atoms with van der Waals surface area (Å²) in [5.74, 6) is -0.479. The molecule has 1 heterocycles. The van der Waals surface area contributed by atoms with E-state index < -0.39 is 0 Å². The molecule has 14 heavy (non-hydrogen) atoms. The Morgan fingerprint density at radius 3 is 2.50 bits per heavy atom. The topological polar surface area (TPSA) is 63.4 Å². The van der Waals surface area contributed by atoms with E-state index in [2.05, 4.69) is 0 Å². The Labute approximate surface area is 81.3 Å². The second kappa shape index (κ2) is 2.83. The lowest BCUT2D eigenvalue weighted by molar-refractivity contribution is 0.0663. The number of nitrogens with two attached hydrogens (primary N) is 1. The maximum absolute atomic E-state index is 11.6. The van der Waals surface area contributed by atoms with Gasteiger partial charge in [-0.1, -0.05) is 0 Å². The van der Waals surface area contributed by atoms with Crippen LogP contribution in [0.2, 0.25) is 0 Å². The minimum Gasteiger partial charge on any atom is -0.399 e. The van der Waals surface area contributed by atoms with Crippen molar-refractivity contribution >= 4 is 17.5 Å². The highest BCUT2D eigenvalue weighted by Crippen LogP contribution is 2.24. The average molecular weight is 190 g/mol. The number of amides is 2. The van der Waals surface area contributed by atoms with Crippen molar-refractivity contribution in [2.24, 2.45) is 0 Å². The summed E-state index contributed by atoms with van der Waals surface area (Å²) < 4.78 is 0. The van der Waals surface area contributed by atoms with Gasteiger partial charge in [-0.15, -0.1) is 0 Å². The molecule has 4 heteroatoms. The molecule has 0 atom stereocenters. The summed E-state index contributed by atoms with van der Waals surface area (Å²) in [4.78, 5) is 24.5. The molecule has 0 unspecified atom stereocenters. The van der Waals surface area contributed by atoms with Gasteiger partial charge in [-0.2, -0.15) is 0 Å². The van der Waals surface area contributed by atoms with Crippen molar-refractivity contribution in [2.75, 3.05) is 12.3 Å². The van der Waals surface area contributed by atoms with Crippen LogP contribution in [0.3, 0.4) is 0 Å². The summed E-state index contributed by atoms with van der Waals surface area (Å²) in [6.45, 7) is 2.16. The Kier molecular flexibility index (Phi) is 1.77. The van der Waals surface area contributed by atoms with Gasteiger partial charge < -0.3 is 5.73 Å². The number of carbonyl (C=O) groups excluding carboxylic acids is 2. The van der Waals surface area contributed by atoms with Crippen molar-refractivity contribution in [2.45, 2.75) is 6.92 Å². The molecular formula is C10H10N2O2. The molecule has 1 aromatic rings. The molecule has 0 fully saturated rings. The van der Waals surface area contributed by atoms with Crippen molar-refractivity contribution in [3.8, 4) is 0 Å². The standard InChI is InChI=1S/C10H10N2O2/c1-2-12-9(13)7-4-3-6(11)5-8(7)10(12)14/h3-5H,2,11H2,1H3. The minimum atomic E-state index is -0.250. The van der Waals surface area contributed by atoms with Gasteiger partial charge in [-0.25, -0.2) is 0 Å². The number of imide groups is 1. The van der Waals surface area contributed by atoms with Crippen molar-refractivity contribution in [1.82, 2.24) is 4.90 Å². The molecule has 4 nitrogen and oxygen atoms in total. The molecule has 72 valence electrons. The largest absolute Gasteiger partial charge is 0.399 e. The summed E-state index contributed by atoms with van der Waals surface area (Å²) in [5, 5.41) is 0. The molecule has 1 aliphatic rings. The van der Waals surface area contributed by atoms with Crippen LogP contribution in [-0.4, -0.2) is 23.3 Å². The van der Waals surface area contributed by atoms with Crippen molar-refractivity contribution < 1.29 is 9.59 Å². The molecule has 0 aromatic heterocycles. The summed E-state index contributed by atoms with van der Waals surface area (Å²) in [5.41, 5.74) is 6.91. The van der Waals surface area contributed by atoms with E-state index in [1.165, 1.54) is 4.90 Å². The second-order valence-corrected chi connectivity index (χ2v) is 3.16. The number of anilines is 1. The van der Waals surface area contributed by atoms with E-state index in [4.69, 9.17) is 5.73 Å². The zero-order valence-corrected chi connectivity index (χ0v) is 7.78. The predicted molar refractivity (Wildman–Crippen MR) is 51.9 cm³/mol. The van der Waals surface area contributed by atoms with Crippen molar-refractivity contribution in [3.63, 3.8) is 0 Å². The summed E-state index contributed by atoms with van der Waals surface area (Å²) in [6, 6.07) is 4.77. The van der Waals surface area contributed by atoms with Crippen LogP contribution in [0, 0.1) is 0 Å². The van der Waals surface area contributed by atoms with Crippen LogP contribution >= 0.6 is 0 Å². The summed E-state index contributed by atoms with van der Waals surface area (Å²) >= 11 is 0. The van der Waals surface area contributed by atoms with E-state index in [-0.39, 0.29) is 11.8 Å². The van der Waals surface area contributed by atoms with E-state index in [1.807, 2.05) is 0 Å². The molecule has 0 saturated carbocycles. The first-order valence-electron chi connectivity index (χ1n) is 4.41. The first-order chi connectivity index (χ1) is 6.65. The van der Waals surface area contributed by atoms with Crippen LogP contribution in [-0.2, 0) is 0 Å². The maximum atomic E-state index is 11.6. The quantitative estimate of drug-likeness (QED) is 0.528. The normalized spacial score (nSPS) is 14.8. The molecule has 2 N–H and O–H groups in total. The highest BCUT2D eigenvalue weighted by Gasteiger charge is 2.34. The molecule has 0 bridgehead atoms. The number of benzene rings is 1. The smallest absolute Gasteiger partial charge is 0.261 e. The van der Waals surface area contributed by atoms with Crippen LogP contribution < -0.4 is 5.73 Å². The van der Waals surface area contributed by atoms with Gasteiger partial charge in [-0.3, -0.25) is 14.5 Å². The Hall–Kier alpha value is -1.84. The second-order valence-electron chi connectivity index (χ2n) is 3.16. The van der Waals surface area contributed by atoms with Crippen LogP contribution in [0.1, 0.15) is 27.6 Å². The molecule has 0 spiro atoms. The van der Waals surface area contributed by atoms with Gasteiger partial charge in [0.15, 0.2) is 0 Å². The van der Waals surface area contributed by atoms with E-state index in [1.54, 1.807) is 25.1 Å². The highest BCUT2D eigenvalue weighted by atomic mass is 16.2. The van der Waals surface area contributed by atoms with Gasteiger partial charge in [0.2, 0.25) is 0 Å². The van der Waals surface area contributed by atoms with Gasteiger partial charge in [0, 0.05) is 12.2 Å². The summed E-state index contributed by atoms with van der Waals surface area (Å²) in [7, 11) is 0. The van der Waals surface area contributed by atoms with Gasteiger partial charge in [0.1, 0.15) is 0 Å². The van der Waals surface area contributed by atoms with E-state index >= 15 is 0 Å². The Bertz CT molecular complexity index is 426. The van der Waals surface area contributed by atoms with E-state index in [9.17, 15) is 9.59 Å². The number of nitrogen functional groups attached to an aromatic ring is 1.